The molecule has 1 aliphatic rings. The smallest absolute Gasteiger partial charge is 0.332 e. The van der Waals surface area contributed by atoms with E-state index in [0.29, 0.717) is 42.5 Å². The standard InChI is InChI=1S/C21H27N5O3/c1-6-9-24-19(27)17-18(23(4)21(24)28)22-20-25(11-14(3)12-26(17)20)15-10-13(2)7-8-16(15)29-5/h7-8,10,14H,6,9,11-12H2,1-5H3/t14-/m1/s1. The summed E-state index contributed by atoms with van der Waals surface area (Å²) in [4.78, 5) is 32.8. The molecule has 2 aromatic heterocycles. The molecule has 0 fully saturated rings. The van der Waals surface area contributed by atoms with Gasteiger partial charge in [0, 0.05) is 26.7 Å². The molecule has 1 atom stereocenters. The molecule has 0 saturated heterocycles. The maximum atomic E-state index is 13.2. The van der Waals surface area contributed by atoms with Crippen molar-refractivity contribution in [2.45, 2.75) is 40.3 Å². The third-order valence-corrected chi connectivity index (χ3v) is 5.51. The molecule has 0 N–H and O–H groups in total. The molecular weight excluding hydrogens is 370 g/mol. The molecule has 1 aliphatic heterocycles. The molecule has 0 unspecified atom stereocenters. The van der Waals surface area contributed by atoms with Crippen LogP contribution in [-0.2, 0) is 20.1 Å². The summed E-state index contributed by atoms with van der Waals surface area (Å²) in [6, 6.07) is 6.02. The van der Waals surface area contributed by atoms with Crippen LogP contribution in [0.1, 0.15) is 25.8 Å². The second kappa shape index (κ2) is 7.09. The van der Waals surface area contributed by atoms with Crippen LogP contribution in [0, 0.1) is 12.8 Å². The summed E-state index contributed by atoms with van der Waals surface area (Å²) in [5.41, 5.74) is 2.34. The largest absolute Gasteiger partial charge is 0.495 e. The highest BCUT2D eigenvalue weighted by atomic mass is 16.5. The average Bonchev–Trinajstić information content (AvgIpc) is 3.08. The number of aromatic nitrogens is 4. The van der Waals surface area contributed by atoms with Gasteiger partial charge in [-0.15, -0.1) is 0 Å². The van der Waals surface area contributed by atoms with E-state index >= 15 is 0 Å². The topological polar surface area (TPSA) is 74.3 Å². The summed E-state index contributed by atoms with van der Waals surface area (Å²) in [5, 5.41) is 0. The first-order valence-corrected chi connectivity index (χ1v) is 9.99. The minimum atomic E-state index is -0.326. The third-order valence-electron chi connectivity index (χ3n) is 5.51. The van der Waals surface area contributed by atoms with Crippen LogP contribution in [0.2, 0.25) is 0 Å². The number of imidazole rings is 1. The van der Waals surface area contributed by atoms with Crippen molar-refractivity contribution in [3.63, 3.8) is 0 Å². The highest BCUT2D eigenvalue weighted by Gasteiger charge is 2.31. The van der Waals surface area contributed by atoms with Gasteiger partial charge in [-0.05, 0) is 37.0 Å². The number of benzene rings is 1. The summed E-state index contributed by atoms with van der Waals surface area (Å²) in [7, 11) is 3.33. The maximum absolute atomic E-state index is 13.2. The lowest BCUT2D eigenvalue weighted by molar-refractivity contribution is 0.409. The van der Waals surface area contributed by atoms with Gasteiger partial charge in [-0.2, -0.15) is 4.98 Å². The van der Waals surface area contributed by atoms with E-state index in [4.69, 9.17) is 9.72 Å². The van der Waals surface area contributed by atoms with Gasteiger partial charge in [0.1, 0.15) is 5.75 Å². The Morgan fingerprint density at radius 3 is 2.69 bits per heavy atom. The van der Waals surface area contributed by atoms with Gasteiger partial charge in [0.05, 0.1) is 12.8 Å². The van der Waals surface area contributed by atoms with E-state index in [1.54, 1.807) is 14.2 Å². The zero-order valence-electron chi connectivity index (χ0n) is 17.6. The molecule has 0 radical (unpaired) electrons. The van der Waals surface area contributed by atoms with Crippen molar-refractivity contribution in [1.82, 2.24) is 18.7 Å². The van der Waals surface area contributed by atoms with Gasteiger partial charge in [-0.25, -0.2) is 4.79 Å². The van der Waals surface area contributed by atoms with E-state index in [2.05, 4.69) is 17.9 Å². The van der Waals surface area contributed by atoms with Crippen molar-refractivity contribution in [1.29, 1.82) is 0 Å². The first-order valence-electron chi connectivity index (χ1n) is 9.99. The first kappa shape index (κ1) is 19.3. The van der Waals surface area contributed by atoms with E-state index in [9.17, 15) is 9.59 Å². The Labute approximate surface area is 169 Å². The molecule has 0 saturated carbocycles. The SMILES string of the molecule is CCCn1c(=O)c2c(nc3n2C[C@H](C)CN3c2cc(C)ccc2OC)n(C)c1=O. The molecule has 1 aromatic carbocycles. The second-order valence-electron chi connectivity index (χ2n) is 7.88. The lowest BCUT2D eigenvalue weighted by Crippen LogP contribution is -2.40. The Bertz CT molecular complexity index is 1200. The minimum absolute atomic E-state index is 0.269. The summed E-state index contributed by atoms with van der Waals surface area (Å²) >= 11 is 0. The van der Waals surface area contributed by atoms with Gasteiger partial charge in [-0.3, -0.25) is 13.9 Å². The number of anilines is 2. The van der Waals surface area contributed by atoms with Crippen LogP contribution in [-0.4, -0.2) is 32.3 Å². The van der Waals surface area contributed by atoms with Crippen molar-refractivity contribution in [2.75, 3.05) is 18.6 Å². The Morgan fingerprint density at radius 1 is 1.24 bits per heavy atom. The molecule has 3 aromatic rings. The molecule has 0 amide bonds. The van der Waals surface area contributed by atoms with Crippen molar-refractivity contribution in [3.05, 3.63) is 44.6 Å². The lowest BCUT2D eigenvalue weighted by Gasteiger charge is -2.33. The van der Waals surface area contributed by atoms with Gasteiger partial charge in [0.2, 0.25) is 5.95 Å². The first-order chi connectivity index (χ1) is 13.9. The predicted octanol–water partition coefficient (Wildman–Crippen LogP) is 2.41. The fourth-order valence-corrected chi connectivity index (χ4v) is 4.14. The van der Waals surface area contributed by atoms with Crippen LogP contribution in [0.25, 0.3) is 11.2 Å². The van der Waals surface area contributed by atoms with Crippen molar-refractivity contribution in [3.8, 4) is 5.75 Å². The van der Waals surface area contributed by atoms with Gasteiger partial charge < -0.3 is 14.2 Å². The van der Waals surface area contributed by atoms with Crippen molar-refractivity contribution >= 4 is 22.8 Å². The number of aryl methyl sites for hydroxylation is 2. The number of fused-ring (bicyclic) bond motifs is 3. The van der Waals surface area contributed by atoms with Crippen LogP contribution >= 0.6 is 0 Å². The van der Waals surface area contributed by atoms with Crippen LogP contribution in [0.5, 0.6) is 5.75 Å². The minimum Gasteiger partial charge on any atom is -0.495 e. The van der Waals surface area contributed by atoms with Crippen LogP contribution in [0.4, 0.5) is 11.6 Å². The van der Waals surface area contributed by atoms with E-state index in [-0.39, 0.29) is 11.2 Å². The molecule has 29 heavy (non-hydrogen) atoms. The number of ether oxygens (including phenoxy) is 1. The normalized spacial score (nSPS) is 16.3. The highest BCUT2D eigenvalue weighted by molar-refractivity contribution is 5.78. The highest BCUT2D eigenvalue weighted by Crippen LogP contribution is 2.38. The van der Waals surface area contributed by atoms with Crippen LogP contribution in [0.15, 0.2) is 27.8 Å². The molecule has 4 rings (SSSR count). The van der Waals surface area contributed by atoms with Crippen molar-refractivity contribution < 1.29 is 4.74 Å². The van der Waals surface area contributed by atoms with Crippen molar-refractivity contribution in [2.24, 2.45) is 13.0 Å². The van der Waals surface area contributed by atoms with Crippen LogP contribution < -0.4 is 20.9 Å². The zero-order valence-corrected chi connectivity index (χ0v) is 17.6. The van der Waals surface area contributed by atoms with Crippen LogP contribution in [0.3, 0.4) is 0 Å². The Hall–Kier alpha value is -3.03. The Kier molecular flexibility index (Phi) is 4.72. The van der Waals surface area contributed by atoms with Gasteiger partial charge in [0.25, 0.3) is 5.56 Å². The average molecular weight is 397 g/mol. The fourth-order valence-electron chi connectivity index (χ4n) is 4.14. The maximum Gasteiger partial charge on any atom is 0.332 e. The molecule has 8 nitrogen and oxygen atoms in total. The number of hydrogen-bond acceptors (Lipinski definition) is 5. The number of hydrogen-bond donors (Lipinski definition) is 0. The monoisotopic (exact) mass is 397 g/mol. The van der Waals surface area contributed by atoms with Gasteiger partial charge >= 0.3 is 5.69 Å². The molecule has 3 heterocycles. The molecule has 154 valence electrons. The number of rotatable bonds is 4. The molecule has 0 aliphatic carbocycles. The van der Waals surface area contributed by atoms with E-state index in [1.807, 2.05) is 30.5 Å². The number of nitrogens with zero attached hydrogens (tertiary/aromatic N) is 5. The molecule has 8 heteroatoms. The zero-order chi connectivity index (χ0) is 20.9. The fraction of sp³-hybridized carbons (Fsp3) is 0.476. The molecular formula is C21H27N5O3. The Balaban J connectivity index is 2.03. The summed E-state index contributed by atoms with van der Waals surface area (Å²) in [6.07, 6.45) is 0.713. The summed E-state index contributed by atoms with van der Waals surface area (Å²) in [5.74, 6) is 1.71. The van der Waals surface area contributed by atoms with Gasteiger partial charge in [0.15, 0.2) is 11.2 Å². The van der Waals surface area contributed by atoms with Gasteiger partial charge in [-0.1, -0.05) is 19.9 Å². The number of methoxy groups -OCH3 is 1. The summed E-state index contributed by atoms with van der Waals surface area (Å²) in [6.45, 7) is 7.96. The molecule has 0 spiro atoms. The second-order valence-corrected chi connectivity index (χ2v) is 7.88. The molecule has 0 bridgehead atoms. The van der Waals surface area contributed by atoms with E-state index in [1.165, 1.54) is 9.13 Å². The quantitative estimate of drug-likeness (QED) is 0.676. The lowest BCUT2D eigenvalue weighted by atomic mass is 10.1. The predicted molar refractivity (Wildman–Crippen MR) is 113 cm³/mol. The third kappa shape index (κ3) is 2.94. The Morgan fingerprint density at radius 2 is 2.00 bits per heavy atom. The summed E-state index contributed by atoms with van der Waals surface area (Å²) < 4.78 is 10.3. The van der Waals surface area contributed by atoms with E-state index in [0.717, 1.165) is 23.5 Å². The van der Waals surface area contributed by atoms with E-state index < -0.39 is 0 Å².